The molecule has 1 aromatic carbocycles. The van der Waals surface area contributed by atoms with Gasteiger partial charge in [0.25, 0.3) is 5.91 Å². The maximum absolute atomic E-state index is 12.4. The third-order valence-electron chi connectivity index (χ3n) is 3.69. The lowest BCUT2D eigenvalue weighted by Gasteiger charge is -2.18. The second-order valence-corrected chi connectivity index (χ2v) is 6.16. The number of imidazole rings is 1. The zero-order valence-corrected chi connectivity index (χ0v) is 14.4. The van der Waals surface area contributed by atoms with E-state index in [-0.39, 0.29) is 5.91 Å². The predicted octanol–water partition coefficient (Wildman–Crippen LogP) is 3.74. The van der Waals surface area contributed by atoms with Gasteiger partial charge < -0.3 is 9.47 Å². The number of hydrogen-bond acceptors (Lipinski definition) is 2. The average molecular weight is 340 g/mol. The van der Waals surface area contributed by atoms with E-state index in [2.05, 4.69) is 4.98 Å². The highest BCUT2D eigenvalue weighted by molar-refractivity contribution is 6.36. The SMILES string of the molecule is Cc1c(Cl)cc(C(=O)N(C)CCCc2nccn2C)cc1Cl. The van der Waals surface area contributed by atoms with Gasteiger partial charge in [0.15, 0.2) is 0 Å². The van der Waals surface area contributed by atoms with Crippen LogP contribution >= 0.6 is 23.2 Å². The molecule has 0 radical (unpaired) electrons. The number of carbonyl (C=O) groups excluding carboxylic acids is 1. The fraction of sp³-hybridized carbons (Fsp3) is 0.375. The molecule has 22 heavy (non-hydrogen) atoms. The van der Waals surface area contributed by atoms with Crippen LogP contribution in [0.15, 0.2) is 24.5 Å². The lowest BCUT2D eigenvalue weighted by Crippen LogP contribution is -2.28. The summed E-state index contributed by atoms with van der Waals surface area (Å²) in [5.41, 5.74) is 1.30. The van der Waals surface area contributed by atoms with E-state index < -0.39 is 0 Å². The number of amides is 1. The molecule has 1 amide bonds. The standard InChI is InChI=1S/C16H19Cl2N3O/c1-11-13(17)9-12(10-14(11)18)16(22)21(3)7-4-5-15-19-6-8-20(15)2/h6,8-10H,4-5,7H2,1-3H3. The monoisotopic (exact) mass is 339 g/mol. The highest BCUT2D eigenvalue weighted by atomic mass is 35.5. The average Bonchev–Trinajstić information content (AvgIpc) is 2.88. The molecule has 0 aliphatic heterocycles. The Labute approximate surface area is 140 Å². The number of nitrogens with zero attached hydrogens (tertiary/aromatic N) is 3. The number of hydrogen-bond donors (Lipinski definition) is 0. The molecule has 0 N–H and O–H groups in total. The van der Waals surface area contributed by atoms with Gasteiger partial charge in [-0.1, -0.05) is 23.2 Å². The van der Waals surface area contributed by atoms with Crippen LogP contribution in [-0.2, 0) is 13.5 Å². The molecular weight excluding hydrogens is 321 g/mol. The molecule has 0 spiro atoms. The summed E-state index contributed by atoms with van der Waals surface area (Å²) in [6, 6.07) is 3.33. The van der Waals surface area contributed by atoms with E-state index in [4.69, 9.17) is 23.2 Å². The van der Waals surface area contributed by atoms with Crippen molar-refractivity contribution in [1.82, 2.24) is 14.5 Å². The van der Waals surface area contributed by atoms with Crippen molar-refractivity contribution in [2.45, 2.75) is 19.8 Å². The molecule has 2 rings (SSSR count). The largest absolute Gasteiger partial charge is 0.342 e. The number of aromatic nitrogens is 2. The minimum Gasteiger partial charge on any atom is -0.342 e. The van der Waals surface area contributed by atoms with Crippen molar-refractivity contribution in [1.29, 1.82) is 0 Å². The summed E-state index contributed by atoms with van der Waals surface area (Å²) in [7, 11) is 3.75. The van der Waals surface area contributed by atoms with Gasteiger partial charge in [-0.25, -0.2) is 4.98 Å². The molecule has 118 valence electrons. The molecule has 0 saturated heterocycles. The first kappa shape index (κ1) is 16.8. The summed E-state index contributed by atoms with van der Waals surface area (Å²) in [6.45, 7) is 2.48. The molecule has 1 aromatic heterocycles. The Hall–Kier alpha value is -1.52. The zero-order valence-electron chi connectivity index (χ0n) is 12.9. The van der Waals surface area contributed by atoms with Gasteiger partial charge in [0, 0.05) is 55.1 Å². The van der Waals surface area contributed by atoms with Crippen LogP contribution < -0.4 is 0 Å². The van der Waals surface area contributed by atoms with E-state index in [1.165, 1.54) is 0 Å². The van der Waals surface area contributed by atoms with Crippen LogP contribution in [-0.4, -0.2) is 34.0 Å². The van der Waals surface area contributed by atoms with E-state index in [9.17, 15) is 4.79 Å². The Morgan fingerprint density at radius 2 is 1.95 bits per heavy atom. The Morgan fingerprint density at radius 3 is 2.50 bits per heavy atom. The first-order valence-corrected chi connectivity index (χ1v) is 7.83. The molecule has 1 heterocycles. The van der Waals surface area contributed by atoms with Crippen molar-refractivity contribution in [2.75, 3.05) is 13.6 Å². The van der Waals surface area contributed by atoms with E-state index in [0.717, 1.165) is 24.2 Å². The molecule has 4 nitrogen and oxygen atoms in total. The van der Waals surface area contributed by atoms with E-state index in [1.807, 2.05) is 24.7 Å². The maximum atomic E-state index is 12.4. The van der Waals surface area contributed by atoms with E-state index in [1.54, 1.807) is 30.3 Å². The van der Waals surface area contributed by atoms with Crippen molar-refractivity contribution < 1.29 is 4.79 Å². The van der Waals surface area contributed by atoms with Crippen LogP contribution in [0.1, 0.15) is 28.2 Å². The molecule has 0 aliphatic carbocycles. The Balaban J connectivity index is 1.96. The van der Waals surface area contributed by atoms with Crippen LogP contribution in [0.5, 0.6) is 0 Å². The van der Waals surface area contributed by atoms with Gasteiger partial charge in [-0.2, -0.15) is 0 Å². The van der Waals surface area contributed by atoms with Crippen molar-refractivity contribution in [3.05, 3.63) is 51.5 Å². The summed E-state index contributed by atoms with van der Waals surface area (Å²) in [5.74, 6) is 0.936. The quantitative estimate of drug-likeness (QED) is 0.832. The Morgan fingerprint density at radius 1 is 1.32 bits per heavy atom. The first-order chi connectivity index (χ1) is 10.4. The molecular formula is C16H19Cl2N3O. The number of carbonyl (C=O) groups is 1. The van der Waals surface area contributed by atoms with Gasteiger partial charge in [0.1, 0.15) is 5.82 Å². The van der Waals surface area contributed by atoms with E-state index in [0.29, 0.717) is 22.2 Å². The molecule has 6 heteroatoms. The van der Waals surface area contributed by atoms with Gasteiger partial charge in [-0.05, 0) is 31.0 Å². The van der Waals surface area contributed by atoms with Gasteiger partial charge >= 0.3 is 0 Å². The predicted molar refractivity (Wildman–Crippen MR) is 89.7 cm³/mol. The summed E-state index contributed by atoms with van der Waals surface area (Å²) < 4.78 is 1.99. The number of rotatable bonds is 5. The molecule has 0 bridgehead atoms. The molecule has 0 aliphatic rings. The van der Waals surface area contributed by atoms with Crippen molar-refractivity contribution in [3.8, 4) is 0 Å². The molecule has 2 aromatic rings. The smallest absolute Gasteiger partial charge is 0.253 e. The summed E-state index contributed by atoms with van der Waals surface area (Å²) in [4.78, 5) is 18.4. The summed E-state index contributed by atoms with van der Waals surface area (Å²) in [6.07, 6.45) is 5.37. The normalized spacial score (nSPS) is 10.8. The maximum Gasteiger partial charge on any atom is 0.253 e. The number of halogens is 2. The van der Waals surface area contributed by atoms with Gasteiger partial charge in [0.2, 0.25) is 0 Å². The summed E-state index contributed by atoms with van der Waals surface area (Å²) >= 11 is 12.2. The van der Waals surface area contributed by atoms with Gasteiger partial charge in [0.05, 0.1) is 0 Å². The van der Waals surface area contributed by atoms with Crippen LogP contribution in [0.2, 0.25) is 10.0 Å². The van der Waals surface area contributed by atoms with E-state index >= 15 is 0 Å². The van der Waals surface area contributed by atoms with Crippen molar-refractivity contribution >= 4 is 29.1 Å². The highest BCUT2D eigenvalue weighted by Crippen LogP contribution is 2.26. The molecule has 0 atom stereocenters. The molecule has 0 unspecified atom stereocenters. The van der Waals surface area contributed by atoms with Gasteiger partial charge in [-0.15, -0.1) is 0 Å². The lowest BCUT2D eigenvalue weighted by atomic mass is 10.1. The minimum absolute atomic E-state index is 0.0800. The minimum atomic E-state index is -0.0800. The number of aryl methyl sites for hydroxylation is 2. The third kappa shape index (κ3) is 3.81. The van der Waals surface area contributed by atoms with Crippen LogP contribution in [0, 0.1) is 6.92 Å². The van der Waals surface area contributed by atoms with Crippen molar-refractivity contribution in [3.63, 3.8) is 0 Å². The topological polar surface area (TPSA) is 38.1 Å². The Bertz CT molecular complexity index is 659. The molecule has 0 fully saturated rings. The fourth-order valence-electron chi connectivity index (χ4n) is 2.20. The lowest BCUT2D eigenvalue weighted by molar-refractivity contribution is 0.0793. The number of benzene rings is 1. The zero-order chi connectivity index (χ0) is 16.3. The highest BCUT2D eigenvalue weighted by Gasteiger charge is 2.14. The van der Waals surface area contributed by atoms with Crippen LogP contribution in [0.4, 0.5) is 0 Å². The third-order valence-corrected chi connectivity index (χ3v) is 4.47. The van der Waals surface area contributed by atoms with Gasteiger partial charge in [-0.3, -0.25) is 4.79 Å². The van der Waals surface area contributed by atoms with Crippen molar-refractivity contribution in [2.24, 2.45) is 7.05 Å². The summed E-state index contributed by atoms with van der Waals surface area (Å²) in [5, 5.41) is 1.02. The Kier molecular flexibility index (Phi) is 5.48. The van der Waals surface area contributed by atoms with Crippen LogP contribution in [0.25, 0.3) is 0 Å². The fourth-order valence-corrected chi connectivity index (χ4v) is 2.69. The first-order valence-electron chi connectivity index (χ1n) is 7.07. The second kappa shape index (κ2) is 7.16. The van der Waals surface area contributed by atoms with Crippen LogP contribution in [0.3, 0.4) is 0 Å². The second-order valence-electron chi connectivity index (χ2n) is 5.35. The molecule has 0 saturated carbocycles.